The monoisotopic (exact) mass is 168 g/mol. The van der Waals surface area contributed by atoms with Gasteiger partial charge in [0.05, 0.1) is 6.10 Å². The molecular formula is C7H12N4O. The summed E-state index contributed by atoms with van der Waals surface area (Å²) in [5.74, 6) is 0.536. The minimum Gasteiger partial charge on any atom is -0.391 e. The molecule has 1 aliphatic rings. The minimum absolute atomic E-state index is 0.290. The van der Waals surface area contributed by atoms with Gasteiger partial charge in [0.1, 0.15) is 0 Å². The van der Waals surface area contributed by atoms with Crippen LogP contribution in [0.25, 0.3) is 0 Å². The SMILES string of the molecule is CN/C(=N/C#N)N1CC[C@H](O)C1. The Morgan fingerprint density at radius 2 is 2.58 bits per heavy atom. The van der Waals surface area contributed by atoms with E-state index in [1.165, 1.54) is 0 Å². The van der Waals surface area contributed by atoms with E-state index in [-0.39, 0.29) is 6.10 Å². The van der Waals surface area contributed by atoms with Crippen molar-refractivity contribution in [2.45, 2.75) is 12.5 Å². The van der Waals surface area contributed by atoms with Crippen molar-refractivity contribution in [2.75, 3.05) is 20.1 Å². The summed E-state index contributed by atoms with van der Waals surface area (Å²) in [6, 6.07) is 0. The first-order valence-corrected chi connectivity index (χ1v) is 3.85. The first-order valence-electron chi connectivity index (χ1n) is 3.85. The number of aliphatic hydroxyl groups excluding tert-OH is 1. The second-order valence-electron chi connectivity index (χ2n) is 2.67. The van der Waals surface area contributed by atoms with Gasteiger partial charge >= 0.3 is 0 Å². The lowest BCUT2D eigenvalue weighted by Crippen LogP contribution is -2.38. The van der Waals surface area contributed by atoms with Gasteiger partial charge in [0.15, 0.2) is 0 Å². The van der Waals surface area contributed by atoms with E-state index in [0.29, 0.717) is 12.5 Å². The summed E-state index contributed by atoms with van der Waals surface area (Å²) in [4.78, 5) is 5.44. The van der Waals surface area contributed by atoms with Crippen molar-refractivity contribution in [2.24, 2.45) is 4.99 Å². The van der Waals surface area contributed by atoms with Crippen LogP contribution in [-0.4, -0.2) is 42.2 Å². The van der Waals surface area contributed by atoms with Crippen molar-refractivity contribution >= 4 is 5.96 Å². The van der Waals surface area contributed by atoms with Gasteiger partial charge in [-0.05, 0) is 6.42 Å². The van der Waals surface area contributed by atoms with Gasteiger partial charge in [0, 0.05) is 20.1 Å². The second kappa shape index (κ2) is 3.93. The Kier molecular flexibility index (Phi) is 2.88. The highest BCUT2D eigenvalue weighted by Crippen LogP contribution is 2.07. The number of rotatable bonds is 0. The van der Waals surface area contributed by atoms with Crippen molar-refractivity contribution in [1.82, 2.24) is 10.2 Å². The van der Waals surface area contributed by atoms with E-state index in [4.69, 9.17) is 5.26 Å². The maximum Gasteiger partial charge on any atom is 0.209 e. The van der Waals surface area contributed by atoms with E-state index >= 15 is 0 Å². The summed E-state index contributed by atoms with van der Waals surface area (Å²) in [7, 11) is 1.71. The number of guanidine groups is 1. The third kappa shape index (κ3) is 1.86. The molecule has 66 valence electrons. The summed E-state index contributed by atoms with van der Waals surface area (Å²) in [6.45, 7) is 1.31. The van der Waals surface area contributed by atoms with Crippen LogP contribution in [0.1, 0.15) is 6.42 Å². The zero-order valence-electron chi connectivity index (χ0n) is 6.99. The third-order valence-electron chi connectivity index (χ3n) is 1.84. The molecule has 1 fully saturated rings. The molecule has 0 aliphatic carbocycles. The Bertz CT molecular complexity index is 220. The largest absolute Gasteiger partial charge is 0.391 e. The predicted octanol–water partition coefficient (Wildman–Crippen LogP) is -0.891. The number of nitriles is 1. The Balaban J connectivity index is 2.57. The average molecular weight is 168 g/mol. The molecule has 1 atom stereocenters. The van der Waals surface area contributed by atoms with Crippen LogP contribution in [0.15, 0.2) is 4.99 Å². The molecule has 5 nitrogen and oxygen atoms in total. The number of hydrogen-bond donors (Lipinski definition) is 2. The van der Waals surface area contributed by atoms with Crippen LogP contribution in [0.2, 0.25) is 0 Å². The van der Waals surface area contributed by atoms with E-state index in [9.17, 15) is 5.11 Å². The number of aliphatic imine (C=N–C) groups is 1. The van der Waals surface area contributed by atoms with Crippen molar-refractivity contribution in [3.63, 3.8) is 0 Å². The predicted molar refractivity (Wildman–Crippen MR) is 44.3 cm³/mol. The average Bonchev–Trinajstić information content (AvgIpc) is 2.47. The Labute approximate surface area is 71.3 Å². The van der Waals surface area contributed by atoms with Crippen molar-refractivity contribution < 1.29 is 5.11 Å². The molecule has 1 heterocycles. The highest BCUT2D eigenvalue weighted by atomic mass is 16.3. The van der Waals surface area contributed by atoms with Crippen molar-refractivity contribution in [1.29, 1.82) is 5.26 Å². The van der Waals surface area contributed by atoms with Gasteiger partial charge in [-0.15, -0.1) is 4.99 Å². The van der Waals surface area contributed by atoms with E-state index in [2.05, 4.69) is 10.3 Å². The van der Waals surface area contributed by atoms with Crippen LogP contribution in [0.5, 0.6) is 0 Å². The highest BCUT2D eigenvalue weighted by Gasteiger charge is 2.22. The van der Waals surface area contributed by atoms with Crippen LogP contribution < -0.4 is 5.32 Å². The lowest BCUT2D eigenvalue weighted by molar-refractivity contribution is 0.188. The molecule has 12 heavy (non-hydrogen) atoms. The number of β-amino-alcohol motifs (C(OH)–C–C–N with tert-alkyl or cyclic N) is 1. The van der Waals surface area contributed by atoms with Crippen molar-refractivity contribution in [3.05, 3.63) is 0 Å². The van der Waals surface area contributed by atoms with Gasteiger partial charge in [-0.3, -0.25) is 0 Å². The number of aliphatic hydroxyl groups is 1. The molecule has 0 aromatic heterocycles. The molecule has 0 amide bonds. The van der Waals surface area contributed by atoms with Crippen LogP contribution in [0.3, 0.4) is 0 Å². The first-order chi connectivity index (χ1) is 5.77. The number of nitrogens with one attached hydrogen (secondary N) is 1. The molecule has 5 heteroatoms. The Morgan fingerprint density at radius 1 is 1.83 bits per heavy atom. The number of hydrogen-bond acceptors (Lipinski definition) is 3. The minimum atomic E-state index is -0.290. The van der Waals surface area contributed by atoms with Crippen LogP contribution in [-0.2, 0) is 0 Å². The molecule has 0 unspecified atom stereocenters. The molecule has 1 aliphatic heterocycles. The molecule has 0 aromatic carbocycles. The first kappa shape index (κ1) is 8.81. The summed E-state index contributed by atoms with van der Waals surface area (Å²) < 4.78 is 0. The second-order valence-corrected chi connectivity index (χ2v) is 2.67. The highest BCUT2D eigenvalue weighted by molar-refractivity contribution is 5.80. The Hall–Kier alpha value is -1.28. The molecule has 1 rings (SSSR count). The van der Waals surface area contributed by atoms with Crippen LogP contribution >= 0.6 is 0 Å². The fraction of sp³-hybridized carbons (Fsp3) is 0.714. The summed E-state index contributed by atoms with van der Waals surface area (Å²) in [5.41, 5.74) is 0. The molecule has 0 radical (unpaired) electrons. The quantitative estimate of drug-likeness (QED) is 0.279. The van der Waals surface area contributed by atoms with Crippen LogP contribution in [0, 0.1) is 11.5 Å². The van der Waals surface area contributed by atoms with Gasteiger partial charge in [0.2, 0.25) is 12.2 Å². The molecule has 0 bridgehead atoms. The molecule has 2 N–H and O–H groups in total. The van der Waals surface area contributed by atoms with Crippen LogP contribution in [0.4, 0.5) is 0 Å². The lowest BCUT2D eigenvalue weighted by atomic mass is 10.3. The third-order valence-corrected chi connectivity index (χ3v) is 1.84. The van der Waals surface area contributed by atoms with E-state index < -0.39 is 0 Å². The summed E-state index contributed by atoms with van der Waals surface area (Å²) in [6.07, 6.45) is 2.17. The maximum atomic E-state index is 9.20. The van der Waals surface area contributed by atoms with Crippen molar-refractivity contribution in [3.8, 4) is 6.19 Å². The smallest absolute Gasteiger partial charge is 0.209 e. The summed E-state index contributed by atoms with van der Waals surface area (Å²) in [5, 5.41) is 20.3. The molecular weight excluding hydrogens is 156 g/mol. The van der Waals surface area contributed by atoms with Gasteiger partial charge < -0.3 is 15.3 Å². The lowest BCUT2D eigenvalue weighted by Gasteiger charge is -2.17. The Morgan fingerprint density at radius 3 is 3.00 bits per heavy atom. The normalized spacial score (nSPS) is 23.9. The maximum absolute atomic E-state index is 9.20. The standard InChI is InChI=1S/C7H12N4O/c1-9-7(10-5-8)11-3-2-6(12)4-11/h6,12H,2-4H2,1H3,(H,9,10)/t6-/m0/s1. The zero-order chi connectivity index (χ0) is 8.97. The van der Waals surface area contributed by atoms with E-state index in [1.807, 2.05) is 4.90 Å². The molecule has 0 spiro atoms. The fourth-order valence-corrected chi connectivity index (χ4v) is 1.27. The summed E-state index contributed by atoms with van der Waals surface area (Å²) >= 11 is 0. The van der Waals surface area contributed by atoms with Gasteiger partial charge in [-0.25, -0.2) is 0 Å². The number of likely N-dealkylation sites (tertiary alicyclic amines) is 1. The molecule has 0 saturated carbocycles. The molecule has 1 saturated heterocycles. The van der Waals surface area contributed by atoms with Gasteiger partial charge in [-0.2, -0.15) is 5.26 Å². The van der Waals surface area contributed by atoms with Gasteiger partial charge in [0.25, 0.3) is 0 Å². The molecule has 0 aromatic rings. The fourth-order valence-electron chi connectivity index (χ4n) is 1.27. The van der Waals surface area contributed by atoms with E-state index in [1.54, 1.807) is 13.2 Å². The zero-order valence-corrected chi connectivity index (χ0v) is 6.99. The number of nitrogens with zero attached hydrogens (tertiary/aromatic N) is 3. The van der Waals surface area contributed by atoms with Gasteiger partial charge in [-0.1, -0.05) is 0 Å². The topological polar surface area (TPSA) is 71.7 Å². The van der Waals surface area contributed by atoms with E-state index in [0.717, 1.165) is 13.0 Å².